The van der Waals surface area contributed by atoms with Gasteiger partial charge in [0.15, 0.2) is 0 Å². The number of nitrogens with one attached hydrogen (secondary N) is 2. The maximum atomic E-state index is 4.67. The molecule has 4 heteroatoms. The second kappa shape index (κ2) is 20.1. The number of hydrazine groups is 1. The molecule has 1 saturated heterocycles. The first-order valence-electron chi connectivity index (χ1n) is 16.4. The van der Waals surface area contributed by atoms with E-state index in [1.54, 1.807) is 5.57 Å². The average molecular weight is 501 g/mol. The zero-order chi connectivity index (χ0) is 24.9. The van der Waals surface area contributed by atoms with E-state index in [4.69, 9.17) is 0 Å². The number of hydrogen-bond acceptors (Lipinski definition) is 4. The summed E-state index contributed by atoms with van der Waals surface area (Å²) in [6.45, 7) is 3.54. The van der Waals surface area contributed by atoms with E-state index in [0.717, 1.165) is 12.6 Å². The van der Waals surface area contributed by atoms with Crippen LogP contribution in [0.2, 0.25) is 0 Å². The smallest absolute Gasteiger partial charge is 0.0631 e. The summed E-state index contributed by atoms with van der Waals surface area (Å²) in [4.78, 5) is 0. The summed E-state index contributed by atoms with van der Waals surface area (Å²) < 4.78 is 0. The Hall–Kier alpha value is -0.870. The molecule has 0 unspecified atom stereocenters. The van der Waals surface area contributed by atoms with Crippen LogP contribution in [-0.2, 0) is 0 Å². The van der Waals surface area contributed by atoms with Crippen LogP contribution in [0.4, 0.5) is 0 Å². The van der Waals surface area contributed by atoms with E-state index in [1.165, 1.54) is 179 Å². The van der Waals surface area contributed by atoms with Crippen LogP contribution in [0.1, 0.15) is 161 Å². The average Bonchev–Trinajstić information content (AvgIpc) is 3.26. The molecule has 0 amide bonds. The van der Waals surface area contributed by atoms with Gasteiger partial charge in [-0.2, -0.15) is 5.10 Å². The fraction of sp³-hybridized carbons (Fsp3) is 0.906. The normalized spacial score (nSPS) is 25.7. The zero-order valence-corrected chi connectivity index (χ0v) is 23.8. The lowest BCUT2D eigenvalue weighted by molar-refractivity contribution is 0.107. The maximum Gasteiger partial charge on any atom is 0.0631 e. The van der Waals surface area contributed by atoms with Crippen LogP contribution in [-0.4, -0.2) is 36.4 Å². The number of hydrogen-bond donors (Lipinski definition) is 2. The highest BCUT2D eigenvalue weighted by Crippen LogP contribution is 2.22. The third-order valence-electron chi connectivity index (χ3n) is 8.73. The highest BCUT2D eigenvalue weighted by molar-refractivity contribution is 5.99. The van der Waals surface area contributed by atoms with Crippen LogP contribution in [0.25, 0.3) is 0 Å². The van der Waals surface area contributed by atoms with Crippen molar-refractivity contribution in [2.75, 3.05) is 19.6 Å². The molecule has 2 aliphatic heterocycles. The van der Waals surface area contributed by atoms with E-state index in [1.807, 2.05) is 0 Å². The largest absolute Gasteiger partial charge is 0.310 e. The van der Waals surface area contributed by atoms with Gasteiger partial charge < -0.3 is 5.43 Å². The van der Waals surface area contributed by atoms with Gasteiger partial charge in [-0.1, -0.05) is 96.0 Å². The van der Waals surface area contributed by atoms with Crippen molar-refractivity contribution in [1.29, 1.82) is 0 Å². The predicted octanol–water partition coefficient (Wildman–Crippen LogP) is 8.83. The lowest BCUT2D eigenvalue weighted by atomic mass is 9.98. The maximum absolute atomic E-state index is 4.67. The summed E-state index contributed by atoms with van der Waals surface area (Å²) in [6, 6.07) is 0.821. The molecule has 0 aromatic heterocycles. The van der Waals surface area contributed by atoms with Gasteiger partial charge >= 0.3 is 0 Å². The molecule has 4 rings (SSSR count). The van der Waals surface area contributed by atoms with Gasteiger partial charge in [0, 0.05) is 25.7 Å². The molecule has 2 fully saturated rings. The Morgan fingerprint density at radius 2 is 1.17 bits per heavy atom. The summed E-state index contributed by atoms with van der Waals surface area (Å²) in [5, 5.41) is 7.29. The molecule has 208 valence electrons. The van der Waals surface area contributed by atoms with Gasteiger partial charge in [0.1, 0.15) is 0 Å². The second-order valence-electron chi connectivity index (χ2n) is 11.9. The summed E-state index contributed by atoms with van der Waals surface area (Å²) in [5.41, 5.74) is 9.91. The minimum atomic E-state index is 0.821. The van der Waals surface area contributed by atoms with Gasteiger partial charge in [0.25, 0.3) is 0 Å². The zero-order valence-electron chi connectivity index (χ0n) is 23.8. The van der Waals surface area contributed by atoms with Crippen molar-refractivity contribution >= 4 is 5.71 Å². The van der Waals surface area contributed by atoms with E-state index in [9.17, 15) is 0 Å². The molecule has 0 spiro atoms. The Bertz CT molecular complexity index is 527. The minimum Gasteiger partial charge on any atom is -0.310 e. The van der Waals surface area contributed by atoms with Gasteiger partial charge in [-0.25, -0.2) is 5.01 Å². The van der Waals surface area contributed by atoms with Gasteiger partial charge in [0.2, 0.25) is 0 Å². The first-order chi connectivity index (χ1) is 17.9. The van der Waals surface area contributed by atoms with Crippen LogP contribution in [0, 0.1) is 0 Å². The van der Waals surface area contributed by atoms with Gasteiger partial charge in [-0.05, 0) is 76.2 Å². The van der Waals surface area contributed by atoms with E-state index in [2.05, 4.69) is 27.0 Å². The summed E-state index contributed by atoms with van der Waals surface area (Å²) >= 11 is 0. The molecule has 2 heterocycles. The van der Waals surface area contributed by atoms with Crippen LogP contribution in [0.3, 0.4) is 0 Å². The highest BCUT2D eigenvalue weighted by Gasteiger charge is 2.19. The molecule has 4 nitrogen and oxygen atoms in total. The molecule has 2 N–H and O–H groups in total. The van der Waals surface area contributed by atoms with Crippen LogP contribution in [0.5, 0.6) is 0 Å². The van der Waals surface area contributed by atoms with Crippen molar-refractivity contribution in [3.05, 3.63) is 11.6 Å². The Morgan fingerprint density at radius 1 is 0.583 bits per heavy atom. The third kappa shape index (κ3) is 13.1. The highest BCUT2D eigenvalue weighted by atomic mass is 15.5. The lowest BCUT2D eigenvalue weighted by Gasteiger charge is -2.32. The Labute approximate surface area is 224 Å². The summed E-state index contributed by atoms with van der Waals surface area (Å²) in [6.07, 6.45) is 37.1. The van der Waals surface area contributed by atoms with E-state index >= 15 is 0 Å². The predicted molar refractivity (Wildman–Crippen MR) is 157 cm³/mol. The molecule has 0 aromatic carbocycles. The Balaban J connectivity index is 0.000000201. The van der Waals surface area contributed by atoms with Gasteiger partial charge in [-0.3, -0.25) is 5.43 Å². The summed E-state index contributed by atoms with van der Waals surface area (Å²) in [5.74, 6) is 0. The van der Waals surface area contributed by atoms with Crippen LogP contribution in [0.15, 0.2) is 16.8 Å². The molecule has 36 heavy (non-hydrogen) atoms. The van der Waals surface area contributed by atoms with Gasteiger partial charge in [0.05, 0.1) is 5.71 Å². The lowest BCUT2D eigenvalue weighted by Crippen LogP contribution is -2.46. The van der Waals surface area contributed by atoms with Gasteiger partial charge in [-0.15, -0.1) is 0 Å². The monoisotopic (exact) mass is 500 g/mol. The summed E-state index contributed by atoms with van der Waals surface area (Å²) in [7, 11) is 0. The molecule has 1 saturated carbocycles. The van der Waals surface area contributed by atoms with Crippen molar-refractivity contribution in [1.82, 2.24) is 15.9 Å². The number of rotatable bonds is 2. The third-order valence-corrected chi connectivity index (χ3v) is 8.73. The number of nitrogens with zero attached hydrogens (tertiary/aromatic N) is 2. The first kappa shape index (κ1) is 29.7. The molecule has 0 bridgehead atoms. The second-order valence-corrected chi connectivity index (χ2v) is 11.9. The molecule has 4 aliphatic rings. The number of allylic oxidation sites excluding steroid dienone is 2. The molecule has 0 radical (unpaired) electrons. The van der Waals surface area contributed by atoms with Crippen molar-refractivity contribution in [2.45, 2.75) is 167 Å². The molecule has 0 aromatic rings. The van der Waals surface area contributed by atoms with E-state index in [0.29, 0.717) is 0 Å². The van der Waals surface area contributed by atoms with Crippen molar-refractivity contribution in [3.63, 3.8) is 0 Å². The molecular formula is C32H60N4. The molecule has 2 aliphatic carbocycles. The van der Waals surface area contributed by atoms with Crippen LogP contribution < -0.4 is 10.9 Å². The fourth-order valence-corrected chi connectivity index (χ4v) is 6.39. The minimum absolute atomic E-state index is 0.821. The van der Waals surface area contributed by atoms with E-state index in [-0.39, 0.29) is 0 Å². The first-order valence-corrected chi connectivity index (χ1v) is 16.4. The van der Waals surface area contributed by atoms with Crippen molar-refractivity contribution < 1.29 is 0 Å². The standard InChI is InChI=1S/C16H32N2.C16H28N2/c1-2-5-9-13-16(12-8-4-1)18-15-11-7-3-6-10-14-17-18;1-2-4-8-12-15(11-7-3-1)16-13-9-5-6-10-14-17-18-16/h16-17H,1-15H2;11,17H,1-10,12-14H2. The molecule has 0 atom stereocenters. The van der Waals surface area contributed by atoms with E-state index < -0.39 is 0 Å². The Morgan fingerprint density at radius 3 is 1.94 bits per heavy atom. The number of hydrazone groups is 1. The van der Waals surface area contributed by atoms with Crippen molar-refractivity contribution in [2.24, 2.45) is 5.10 Å². The van der Waals surface area contributed by atoms with Crippen LogP contribution >= 0.6 is 0 Å². The fourth-order valence-electron chi connectivity index (χ4n) is 6.39. The quantitative estimate of drug-likeness (QED) is 0.398. The topological polar surface area (TPSA) is 39.7 Å². The molecular weight excluding hydrogens is 440 g/mol. The van der Waals surface area contributed by atoms with Crippen molar-refractivity contribution in [3.8, 4) is 0 Å². The SMILES string of the molecule is C1=C(C2=NNCCCCCC2)CCCCCCC1.C1CCCCC(N2CCCCCCCN2)CCC1. The Kier molecular flexibility index (Phi) is 16.6.